The minimum atomic E-state index is -4.47. The summed E-state index contributed by atoms with van der Waals surface area (Å²) in [7, 11) is 0. The van der Waals surface area contributed by atoms with Crippen molar-refractivity contribution < 1.29 is 18.0 Å². The number of rotatable bonds is 9. The Bertz CT molecular complexity index is 1500. The summed E-state index contributed by atoms with van der Waals surface area (Å²) in [5, 5.41) is 2.23. The van der Waals surface area contributed by atoms with Gasteiger partial charge in [0.1, 0.15) is 12.0 Å². The molecule has 1 fully saturated rings. The largest absolute Gasteiger partial charge is 0.405 e. The molecule has 0 spiro atoms. The van der Waals surface area contributed by atoms with Gasteiger partial charge in [0.15, 0.2) is 0 Å². The second-order valence-electron chi connectivity index (χ2n) is 11.3. The number of benzene rings is 3. The summed E-state index contributed by atoms with van der Waals surface area (Å²) in [6.07, 6.45) is -0.643. The molecule has 4 aromatic rings. The number of piperazine rings is 1. The molecule has 5 nitrogen and oxygen atoms in total. The number of fused-ring (bicyclic) bond motifs is 3. The number of hydrogen-bond donors (Lipinski definition) is 1. The molecule has 1 aromatic heterocycles. The van der Waals surface area contributed by atoms with Crippen molar-refractivity contribution in [3.8, 4) is 22.4 Å². The molecule has 8 heteroatoms. The lowest BCUT2D eigenvalue weighted by atomic mass is 9.73. The minimum absolute atomic E-state index is 0.452. The third-order valence-corrected chi connectivity index (χ3v) is 8.74. The zero-order valence-electron chi connectivity index (χ0n) is 24.0. The average molecular weight is 585 g/mol. The van der Waals surface area contributed by atoms with Crippen LogP contribution in [0.15, 0.2) is 97.2 Å². The number of nitrogens with one attached hydrogen (secondary N) is 1. The maximum atomic E-state index is 13.7. The van der Waals surface area contributed by atoms with Crippen molar-refractivity contribution in [2.24, 2.45) is 0 Å². The van der Waals surface area contributed by atoms with Crippen LogP contribution in [0.1, 0.15) is 30.4 Å². The number of carbonyl (C=O) groups is 1. The van der Waals surface area contributed by atoms with Crippen LogP contribution in [0.25, 0.3) is 22.4 Å². The Balaban J connectivity index is 1.08. The Labute approximate surface area is 250 Å². The zero-order valence-corrected chi connectivity index (χ0v) is 24.0. The molecule has 1 aliphatic heterocycles. The molecule has 1 N–H and O–H groups in total. The van der Waals surface area contributed by atoms with E-state index in [0.717, 1.165) is 79.1 Å². The van der Waals surface area contributed by atoms with Gasteiger partial charge in [-0.15, -0.1) is 0 Å². The van der Waals surface area contributed by atoms with Crippen LogP contribution >= 0.6 is 0 Å². The first-order chi connectivity index (χ1) is 20.8. The van der Waals surface area contributed by atoms with Crippen LogP contribution in [0, 0.1) is 0 Å². The van der Waals surface area contributed by atoms with Gasteiger partial charge in [-0.3, -0.25) is 14.7 Å². The van der Waals surface area contributed by atoms with Crippen molar-refractivity contribution in [3.63, 3.8) is 0 Å². The van der Waals surface area contributed by atoms with E-state index in [1.165, 1.54) is 5.69 Å². The van der Waals surface area contributed by atoms with Gasteiger partial charge < -0.3 is 10.2 Å². The summed E-state index contributed by atoms with van der Waals surface area (Å²) in [4.78, 5) is 22.9. The topological polar surface area (TPSA) is 48.5 Å². The number of halogens is 3. The third-order valence-electron chi connectivity index (χ3n) is 8.74. The van der Waals surface area contributed by atoms with Gasteiger partial charge in [-0.1, -0.05) is 73.2 Å². The lowest BCUT2D eigenvalue weighted by molar-refractivity contribution is -0.141. The predicted octanol–water partition coefficient (Wildman–Crippen LogP) is 6.69. The fourth-order valence-corrected chi connectivity index (χ4v) is 6.62. The molecule has 1 saturated heterocycles. The lowest BCUT2D eigenvalue weighted by Gasteiger charge is -2.36. The standard InChI is InChI=1S/C35H35F3N4O/c36-35(37,38)25-40-33(43)34(30-11-3-1-9-28(30)29-10-2-4-12-31(29)34)18-6-8-20-41-21-23-42(24-22-41)27-16-14-26(15-17-27)32-13-5-7-19-39-32/h1-5,7,9-17,19H,6,8,18,20-25H2,(H,40,43). The predicted molar refractivity (Wildman–Crippen MR) is 164 cm³/mol. The van der Waals surface area contributed by atoms with Crippen molar-refractivity contribution >= 4 is 11.6 Å². The number of hydrogen-bond acceptors (Lipinski definition) is 4. The van der Waals surface area contributed by atoms with Crippen LogP contribution in [0.4, 0.5) is 18.9 Å². The van der Waals surface area contributed by atoms with Gasteiger partial charge in [0, 0.05) is 43.6 Å². The van der Waals surface area contributed by atoms with E-state index in [1.54, 1.807) is 6.20 Å². The summed E-state index contributed by atoms with van der Waals surface area (Å²) >= 11 is 0. The number of carbonyl (C=O) groups excluding carboxylic acids is 1. The second kappa shape index (κ2) is 12.2. The van der Waals surface area contributed by atoms with Crippen LogP contribution in [0.2, 0.25) is 0 Å². The number of alkyl halides is 3. The fourth-order valence-electron chi connectivity index (χ4n) is 6.62. The first-order valence-corrected chi connectivity index (χ1v) is 14.9. The van der Waals surface area contributed by atoms with Gasteiger partial charge in [0.25, 0.3) is 0 Å². The molecule has 6 rings (SSSR count). The number of amides is 1. The quantitative estimate of drug-likeness (QED) is 0.223. The number of nitrogens with zero attached hydrogens (tertiary/aromatic N) is 3. The molecule has 222 valence electrons. The highest BCUT2D eigenvalue weighted by Crippen LogP contribution is 2.51. The maximum Gasteiger partial charge on any atom is 0.405 e. The van der Waals surface area contributed by atoms with E-state index < -0.39 is 24.0 Å². The third kappa shape index (κ3) is 6.02. The first kappa shape index (κ1) is 28.9. The second-order valence-corrected chi connectivity index (χ2v) is 11.3. The highest BCUT2D eigenvalue weighted by atomic mass is 19.4. The van der Waals surface area contributed by atoms with Crippen LogP contribution < -0.4 is 10.2 Å². The fraction of sp³-hybridized carbons (Fsp3) is 0.314. The van der Waals surface area contributed by atoms with Crippen LogP contribution in [-0.4, -0.2) is 61.2 Å². The van der Waals surface area contributed by atoms with Gasteiger partial charge in [-0.05, 0) is 65.9 Å². The summed E-state index contributed by atoms with van der Waals surface area (Å²) in [6, 6.07) is 29.7. The van der Waals surface area contributed by atoms with Crippen molar-refractivity contribution in [1.82, 2.24) is 15.2 Å². The first-order valence-electron chi connectivity index (χ1n) is 14.9. The van der Waals surface area contributed by atoms with E-state index in [1.807, 2.05) is 66.7 Å². The molecule has 1 amide bonds. The monoisotopic (exact) mass is 584 g/mol. The molecule has 0 bridgehead atoms. The maximum absolute atomic E-state index is 13.7. The summed E-state index contributed by atoms with van der Waals surface area (Å²) in [6.45, 7) is 3.26. The van der Waals surface area contributed by atoms with Gasteiger partial charge in [0.05, 0.1) is 5.69 Å². The molecule has 2 heterocycles. The zero-order chi connectivity index (χ0) is 29.9. The van der Waals surface area contributed by atoms with E-state index in [9.17, 15) is 18.0 Å². The molecule has 3 aromatic carbocycles. The molecule has 43 heavy (non-hydrogen) atoms. The van der Waals surface area contributed by atoms with Crippen molar-refractivity contribution in [1.29, 1.82) is 0 Å². The van der Waals surface area contributed by atoms with Crippen molar-refractivity contribution in [2.45, 2.75) is 30.9 Å². The molecule has 0 unspecified atom stereocenters. The molecule has 0 saturated carbocycles. The van der Waals surface area contributed by atoms with E-state index in [0.29, 0.717) is 6.42 Å². The van der Waals surface area contributed by atoms with Gasteiger partial charge in [-0.25, -0.2) is 0 Å². The Kier molecular flexibility index (Phi) is 8.21. The number of unbranched alkanes of at least 4 members (excludes halogenated alkanes) is 1. The van der Waals surface area contributed by atoms with E-state index in [2.05, 4.69) is 44.4 Å². The normalized spacial score (nSPS) is 16.0. The van der Waals surface area contributed by atoms with Crippen LogP contribution in [0.3, 0.4) is 0 Å². The SMILES string of the molecule is O=C(NCC(F)(F)F)C1(CCCCN2CCN(c3ccc(-c4ccccn4)cc3)CC2)c2ccccc2-c2ccccc21. The number of pyridine rings is 1. The minimum Gasteiger partial charge on any atom is -0.369 e. The van der Waals surface area contributed by atoms with Crippen molar-refractivity contribution in [2.75, 3.05) is 44.2 Å². The van der Waals surface area contributed by atoms with Gasteiger partial charge in [-0.2, -0.15) is 13.2 Å². The van der Waals surface area contributed by atoms with E-state index in [-0.39, 0.29) is 0 Å². The van der Waals surface area contributed by atoms with Crippen LogP contribution in [-0.2, 0) is 10.2 Å². The number of aromatic nitrogens is 1. The molecule has 1 aliphatic carbocycles. The van der Waals surface area contributed by atoms with E-state index in [4.69, 9.17) is 0 Å². The highest BCUT2D eigenvalue weighted by Gasteiger charge is 2.49. The summed E-state index contributed by atoms with van der Waals surface area (Å²) in [5.74, 6) is -0.579. The van der Waals surface area contributed by atoms with Crippen LogP contribution in [0.5, 0.6) is 0 Å². The van der Waals surface area contributed by atoms with Gasteiger partial charge in [0.2, 0.25) is 5.91 Å². The molecule has 2 aliphatic rings. The Morgan fingerprint density at radius 1 is 0.791 bits per heavy atom. The van der Waals surface area contributed by atoms with Crippen molar-refractivity contribution in [3.05, 3.63) is 108 Å². The molecular weight excluding hydrogens is 549 g/mol. The summed E-state index contributed by atoms with van der Waals surface area (Å²) < 4.78 is 39.4. The van der Waals surface area contributed by atoms with E-state index >= 15 is 0 Å². The molecule has 0 radical (unpaired) electrons. The smallest absolute Gasteiger partial charge is 0.369 e. The lowest BCUT2D eigenvalue weighted by Crippen LogP contribution is -2.47. The molecule has 0 atom stereocenters. The molecular formula is C35H35F3N4O. The Morgan fingerprint density at radius 2 is 1.42 bits per heavy atom. The average Bonchev–Trinajstić information content (AvgIpc) is 3.33. The Hall–Kier alpha value is -4.17. The highest BCUT2D eigenvalue weighted by molar-refractivity contribution is 6.00. The van der Waals surface area contributed by atoms with Gasteiger partial charge >= 0.3 is 6.18 Å². The number of anilines is 1. The Morgan fingerprint density at radius 3 is 2.02 bits per heavy atom. The summed E-state index contributed by atoms with van der Waals surface area (Å²) in [5.41, 5.74) is 5.54.